The zero-order valence-corrected chi connectivity index (χ0v) is 11.0. The molecule has 0 atom stereocenters. The zero-order valence-electron chi connectivity index (χ0n) is 9.38. The van der Waals surface area contributed by atoms with Gasteiger partial charge in [0.05, 0.1) is 16.3 Å². The van der Waals surface area contributed by atoms with Crippen LogP contribution in [0.25, 0.3) is 0 Å². The fourth-order valence-corrected chi connectivity index (χ4v) is 3.93. The number of hydrogen-bond donors (Lipinski definition) is 1. The van der Waals surface area contributed by atoms with Crippen LogP contribution >= 0.6 is 11.3 Å². The largest absolute Gasteiger partial charge is 0.397 e. The number of nitrogens with two attached hydrogens (primary N) is 1. The Morgan fingerprint density at radius 3 is 2.71 bits per heavy atom. The number of hydrogen-bond acceptors (Lipinski definition) is 4. The Morgan fingerprint density at radius 2 is 2.06 bits per heavy atom. The Bertz CT molecular complexity index is 616. The highest BCUT2D eigenvalue weighted by Crippen LogP contribution is 2.25. The summed E-state index contributed by atoms with van der Waals surface area (Å²) in [5.74, 6) is 0.00412. The van der Waals surface area contributed by atoms with Crippen molar-refractivity contribution in [3.8, 4) is 0 Å². The Hall–Kier alpha value is -1.33. The van der Waals surface area contributed by atoms with Crippen molar-refractivity contribution in [3.63, 3.8) is 0 Å². The predicted octanol–water partition coefficient (Wildman–Crippen LogP) is 2.61. The van der Waals surface area contributed by atoms with Gasteiger partial charge < -0.3 is 5.73 Å². The Morgan fingerprint density at radius 1 is 1.29 bits per heavy atom. The zero-order chi connectivity index (χ0) is 12.5. The number of aryl methyl sites for hydroxylation is 1. The van der Waals surface area contributed by atoms with Gasteiger partial charge in [0.25, 0.3) is 0 Å². The molecule has 0 saturated heterocycles. The maximum atomic E-state index is 12.2. The molecule has 0 radical (unpaired) electrons. The first-order valence-electron chi connectivity index (χ1n) is 5.09. The van der Waals surface area contributed by atoms with E-state index >= 15 is 0 Å². The van der Waals surface area contributed by atoms with Gasteiger partial charge in [0, 0.05) is 0 Å². The van der Waals surface area contributed by atoms with E-state index in [1.807, 2.05) is 16.8 Å². The molecule has 2 N–H and O–H groups in total. The van der Waals surface area contributed by atoms with E-state index < -0.39 is 9.84 Å². The van der Waals surface area contributed by atoms with E-state index in [0.29, 0.717) is 5.69 Å². The molecule has 2 aromatic rings. The van der Waals surface area contributed by atoms with Gasteiger partial charge in [-0.25, -0.2) is 8.42 Å². The maximum Gasteiger partial charge on any atom is 0.184 e. The number of anilines is 1. The van der Waals surface area contributed by atoms with Gasteiger partial charge in [0.2, 0.25) is 0 Å². The number of sulfone groups is 1. The summed E-state index contributed by atoms with van der Waals surface area (Å²) in [5.41, 5.74) is 7.76. The fraction of sp³-hybridized carbons (Fsp3) is 0.167. The molecule has 3 nitrogen and oxygen atoms in total. The molecule has 2 rings (SSSR count). The Labute approximate surface area is 105 Å². The summed E-state index contributed by atoms with van der Waals surface area (Å²) in [4.78, 5) is 0.226. The molecular weight excluding hydrogens is 254 g/mol. The highest BCUT2D eigenvalue weighted by Gasteiger charge is 2.19. The van der Waals surface area contributed by atoms with Gasteiger partial charge >= 0.3 is 0 Å². The van der Waals surface area contributed by atoms with Crippen molar-refractivity contribution in [2.75, 3.05) is 5.73 Å². The summed E-state index contributed by atoms with van der Waals surface area (Å²) >= 11 is 1.49. The molecule has 90 valence electrons. The van der Waals surface area contributed by atoms with Crippen LogP contribution in [0.3, 0.4) is 0 Å². The van der Waals surface area contributed by atoms with Crippen LogP contribution in [0.5, 0.6) is 0 Å². The van der Waals surface area contributed by atoms with E-state index in [-0.39, 0.29) is 10.6 Å². The lowest BCUT2D eigenvalue weighted by molar-refractivity contribution is 0.595. The van der Waals surface area contributed by atoms with Crippen LogP contribution in [0, 0.1) is 6.92 Å². The van der Waals surface area contributed by atoms with Crippen LogP contribution in [-0.4, -0.2) is 8.42 Å². The number of rotatable bonds is 3. The van der Waals surface area contributed by atoms with E-state index in [1.54, 1.807) is 25.1 Å². The van der Waals surface area contributed by atoms with Crippen molar-refractivity contribution in [1.82, 2.24) is 0 Å². The maximum absolute atomic E-state index is 12.2. The number of para-hydroxylation sites is 1. The van der Waals surface area contributed by atoms with Crippen molar-refractivity contribution in [2.24, 2.45) is 0 Å². The molecular formula is C12H13NO2S2. The molecule has 0 fully saturated rings. The Balaban J connectivity index is 2.42. The molecule has 5 heteroatoms. The van der Waals surface area contributed by atoms with Crippen LogP contribution in [-0.2, 0) is 15.6 Å². The van der Waals surface area contributed by atoms with Gasteiger partial charge in [-0.1, -0.05) is 12.1 Å². The molecule has 1 aromatic heterocycles. The number of thiophene rings is 1. The SMILES string of the molecule is Cc1cccc(S(=O)(=O)Cc2ccsc2)c1N. The normalized spacial score (nSPS) is 11.6. The highest BCUT2D eigenvalue weighted by atomic mass is 32.2. The summed E-state index contributed by atoms with van der Waals surface area (Å²) in [7, 11) is -3.35. The average molecular weight is 267 g/mol. The minimum absolute atomic E-state index is 0.00412. The third-order valence-corrected chi connectivity index (χ3v) is 5.03. The van der Waals surface area contributed by atoms with Crippen molar-refractivity contribution < 1.29 is 8.42 Å². The standard InChI is InChI=1S/C12H13NO2S2/c1-9-3-2-4-11(12(9)13)17(14,15)8-10-5-6-16-7-10/h2-7H,8,13H2,1H3. The van der Waals surface area contributed by atoms with E-state index in [2.05, 4.69) is 0 Å². The molecule has 0 saturated carbocycles. The van der Waals surface area contributed by atoms with Gasteiger partial charge in [0.1, 0.15) is 0 Å². The molecule has 1 aromatic carbocycles. The van der Waals surface area contributed by atoms with Crippen molar-refractivity contribution in [3.05, 3.63) is 46.2 Å². The molecule has 0 aliphatic rings. The van der Waals surface area contributed by atoms with Crippen LogP contribution in [0.1, 0.15) is 11.1 Å². The second-order valence-corrected chi connectivity index (χ2v) is 6.62. The quantitative estimate of drug-likeness (QED) is 0.870. The lowest BCUT2D eigenvalue weighted by atomic mass is 10.2. The van der Waals surface area contributed by atoms with E-state index in [0.717, 1.165) is 11.1 Å². The summed E-state index contributed by atoms with van der Waals surface area (Å²) in [6.07, 6.45) is 0. The predicted molar refractivity (Wildman–Crippen MR) is 70.8 cm³/mol. The van der Waals surface area contributed by atoms with Gasteiger partial charge in [-0.15, -0.1) is 0 Å². The molecule has 0 aliphatic carbocycles. The first kappa shape index (κ1) is 12.1. The van der Waals surface area contributed by atoms with Crippen LogP contribution < -0.4 is 5.73 Å². The van der Waals surface area contributed by atoms with Crippen LogP contribution in [0.4, 0.5) is 5.69 Å². The Kier molecular flexibility index (Phi) is 3.22. The highest BCUT2D eigenvalue weighted by molar-refractivity contribution is 7.90. The smallest absolute Gasteiger partial charge is 0.184 e. The van der Waals surface area contributed by atoms with Gasteiger partial charge in [-0.2, -0.15) is 11.3 Å². The third kappa shape index (κ3) is 2.50. The summed E-state index contributed by atoms with van der Waals surface area (Å²) in [5, 5.41) is 3.70. The molecule has 0 bridgehead atoms. The summed E-state index contributed by atoms with van der Waals surface area (Å²) in [6, 6.07) is 6.89. The minimum atomic E-state index is -3.35. The third-order valence-electron chi connectivity index (χ3n) is 2.56. The lowest BCUT2D eigenvalue weighted by Crippen LogP contribution is -2.08. The van der Waals surface area contributed by atoms with E-state index in [1.165, 1.54) is 11.3 Å². The monoisotopic (exact) mass is 267 g/mol. The minimum Gasteiger partial charge on any atom is -0.397 e. The van der Waals surface area contributed by atoms with Crippen molar-refractivity contribution in [1.29, 1.82) is 0 Å². The topological polar surface area (TPSA) is 60.2 Å². The van der Waals surface area contributed by atoms with Crippen LogP contribution in [0.15, 0.2) is 39.9 Å². The van der Waals surface area contributed by atoms with E-state index in [4.69, 9.17) is 5.73 Å². The second-order valence-electron chi connectivity index (χ2n) is 3.88. The first-order chi connectivity index (χ1) is 8.00. The molecule has 0 unspecified atom stereocenters. The van der Waals surface area contributed by atoms with Crippen molar-refractivity contribution >= 4 is 26.9 Å². The molecule has 17 heavy (non-hydrogen) atoms. The molecule has 0 aliphatic heterocycles. The molecule has 1 heterocycles. The average Bonchev–Trinajstić information content (AvgIpc) is 2.73. The molecule has 0 amide bonds. The van der Waals surface area contributed by atoms with Gasteiger partial charge in [-0.3, -0.25) is 0 Å². The number of benzene rings is 1. The summed E-state index contributed by atoms with van der Waals surface area (Å²) in [6.45, 7) is 1.80. The first-order valence-corrected chi connectivity index (χ1v) is 7.69. The number of nitrogen functional groups attached to an aromatic ring is 1. The lowest BCUT2D eigenvalue weighted by Gasteiger charge is -2.08. The van der Waals surface area contributed by atoms with Gasteiger partial charge in [-0.05, 0) is 40.9 Å². The summed E-state index contributed by atoms with van der Waals surface area (Å²) < 4.78 is 24.4. The van der Waals surface area contributed by atoms with Crippen molar-refractivity contribution in [2.45, 2.75) is 17.6 Å². The second kappa shape index (κ2) is 4.50. The molecule has 0 spiro atoms. The van der Waals surface area contributed by atoms with Gasteiger partial charge in [0.15, 0.2) is 9.84 Å². The fourth-order valence-electron chi connectivity index (χ4n) is 1.60. The van der Waals surface area contributed by atoms with E-state index in [9.17, 15) is 8.42 Å². The van der Waals surface area contributed by atoms with Crippen LogP contribution in [0.2, 0.25) is 0 Å².